The third-order valence-electron chi connectivity index (χ3n) is 3.45. The summed E-state index contributed by atoms with van der Waals surface area (Å²) in [5, 5.41) is 8.94. The Kier molecular flexibility index (Phi) is 11.9. The molecular formula is C16H31IN4S. The largest absolute Gasteiger partial charge is 0.356 e. The van der Waals surface area contributed by atoms with Crippen LogP contribution in [0.5, 0.6) is 0 Å². The highest BCUT2D eigenvalue weighted by molar-refractivity contribution is 14.0. The summed E-state index contributed by atoms with van der Waals surface area (Å²) in [4.78, 5) is 7.99. The van der Waals surface area contributed by atoms with Crippen LogP contribution in [0.1, 0.15) is 25.1 Å². The van der Waals surface area contributed by atoms with E-state index in [1.54, 1.807) is 11.3 Å². The highest BCUT2D eigenvalue weighted by atomic mass is 127. The van der Waals surface area contributed by atoms with Gasteiger partial charge in [-0.15, -0.1) is 35.3 Å². The summed E-state index contributed by atoms with van der Waals surface area (Å²) in [5.74, 6) is 1.59. The lowest BCUT2D eigenvalue weighted by Gasteiger charge is -2.27. The van der Waals surface area contributed by atoms with Gasteiger partial charge in [0.05, 0.1) is 0 Å². The van der Waals surface area contributed by atoms with Gasteiger partial charge in [0.1, 0.15) is 0 Å². The van der Waals surface area contributed by atoms with Gasteiger partial charge in [0.2, 0.25) is 0 Å². The second kappa shape index (κ2) is 12.1. The number of nitrogens with one attached hydrogen (secondary N) is 2. The Morgan fingerprint density at radius 2 is 2.05 bits per heavy atom. The number of hydrogen-bond donors (Lipinski definition) is 2. The lowest BCUT2D eigenvalue weighted by molar-refractivity contribution is 0.254. The van der Waals surface area contributed by atoms with Crippen molar-refractivity contribution < 1.29 is 0 Å². The van der Waals surface area contributed by atoms with Crippen LogP contribution in [0.2, 0.25) is 0 Å². The SMILES string of the molecule is CN=C(NCCc1cccs1)NCC(CC(C)C)N(C)C.I. The molecule has 0 saturated heterocycles. The zero-order valence-electron chi connectivity index (χ0n) is 14.4. The molecule has 1 aromatic rings. The maximum absolute atomic E-state index is 4.30. The Balaban J connectivity index is 0.00000441. The molecule has 0 aromatic carbocycles. The van der Waals surface area contributed by atoms with Crippen LogP contribution in [0.25, 0.3) is 0 Å². The van der Waals surface area contributed by atoms with Gasteiger partial charge in [0.25, 0.3) is 0 Å². The van der Waals surface area contributed by atoms with Crippen LogP contribution >= 0.6 is 35.3 Å². The second-order valence-electron chi connectivity index (χ2n) is 5.96. The van der Waals surface area contributed by atoms with Gasteiger partial charge < -0.3 is 15.5 Å². The fourth-order valence-electron chi connectivity index (χ4n) is 2.21. The molecule has 1 unspecified atom stereocenters. The molecule has 1 rings (SSSR count). The Labute approximate surface area is 156 Å². The summed E-state index contributed by atoms with van der Waals surface area (Å²) in [7, 11) is 6.11. The molecule has 0 aliphatic rings. The molecule has 22 heavy (non-hydrogen) atoms. The quantitative estimate of drug-likeness (QED) is 0.373. The van der Waals surface area contributed by atoms with Crippen molar-refractivity contribution in [2.24, 2.45) is 10.9 Å². The van der Waals surface area contributed by atoms with Gasteiger partial charge in [-0.05, 0) is 44.3 Å². The molecule has 0 saturated carbocycles. The molecule has 1 aromatic heterocycles. The minimum Gasteiger partial charge on any atom is -0.356 e. The van der Waals surface area contributed by atoms with Crippen molar-refractivity contribution in [2.45, 2.75) is 32.7 Å². The standard InChI is InChI=1S/C16H30N4S.HI/c1-13(2)11-14(20(4)5)12-19-16(17-3)18-9-8-15-7-6-10-21-15;/h6-7,10,13-14H,8-9,11-12H2,1-5H3,(H2,17,18,19);1H. The molecule has 2 N–H and O–H groups in total. The minimum atomic E-state index is 0. The first-order chi connectivity index (χ1) is 10.0. The van der Waals surface area contributed by atoms with Crippen molar-refractivity contribution in [3.8, 4) is 0 Å². The number of rotatable bonds is 8. The van der Waals surface area contributed by atoms with Crippen molar-refractivity contribution in [3.63, 3.8) is 0 Å². The first-order valence-corrected chi connectivity index (χ1v) is 8.54. The molecule has 1 heterocycles. The molecule has 1 atom stereocenters. The van der Waals surface area contributed by atoms with Crippen molar-refractivity contribution >= 4 is 41.3 Å². The smallest absolute Gasteiger partial charge is 0.191 e. The number of nitrogens with zero attached hydrogens (tertiary/aromatic N) is 2. The minimum absolute atomic E-state index is 0. The van der Waals surface area contributed by atoms with Gasteiger partial charge in [0, 0.05) is 31.1 Å². The van der Waals surface area contributed by atoms with Crippen LogP contribution in [0, 0.1) is 5.92 Å². The summed E-state index contributed by atoms with van der Waals surface area (Å²) in [6.07, 6.45) is 2.23. The van der Waals surface area contributed by atoms with Crippen molar-refractivity contribution in [3.05, 3.63) is 22.4 Å². The number of aliphatic imine (C=N–C) groups is 1. The zero-order chi connectivity index (χ0) is 15.7. The van der Waals surface area contributed by atoms with E-state index >= 15 is 0 Å². The van der Waals surface area contributed by atoms with Crippen molar-refractivity contribution in [1.82, 2.24) is 15.5 Å². The molecular weight excluding hydrogens is 407 g/mol. The van der Waals surface area contributed by atoms with Crippen LogP contribution in [-0.2, 0) is 6.42 Å². The first kappa shape index (κ1) is 21.7. The van der Waals surface area contributed by atoms with E-state index in [2.05, 4.69) is 66.0 Å². The first-order valence-electron chi connectivity index (χ1n) is 7.66. The average molecular weight is 438 g/mol. The fourth-order valence-corrected chi connectivity index (χ4v) is 2.92. The van der Waals surface area contributed by atoms with Crippen LogP contribution in [0.3, 0.4) is 0 Å². The Hall–Kier alpha value is -0.340. The number of guanidine groups is 1. The van der Waals surface area contributed by atoms with E-state index in [1.807, 2.05) is 7.05 Å². The highest BCUT2D eigenvalue weighted by Crippen LogP contribution is 2.09. The lowest BCUT2D eigenvalue weighted by atomic mass is 10.0. The van der Waals surface area contributed by atoms with Gasteiger partial charge in [-0.1, -0.05) is 19.9 Å². The van der Waals surface area contributed by atoms with E-state index in [0.29, 0.717) is 12.0 Å². The summed E-state index contributed by atoms with van der Waals surface area (Å²) in [5.41, 5.74) is 0. The summed E-state index contributed by atoms with van der Waals surface area (Å²) in [6.45, 7) is 6.37. The van der Waals surface area contributed by atoms with E-state index in [9.17, 15) is 0 Å². The third-order valence-corrected chi connectivity index (χ3v) is 4.38. The molecule has 0 aliphatic carbocycles. The maximum atomic E-state index is 4.30. The predicted octanol–water partition coefficient (Wildman–Crippen LogP) is 3.05. The van der Waals surface area contributed by atoms with Crippen LogP contribution in [-0.4, -0.2) is 51.1 Å². The topological polar surface area (TPSA) is 39.7 Å². The monoisotopic (exact) mass is 438 g/mol. The average Bonchev–Trinajstić information content (AvgIpc) is 2.93. The van der Waals surface area contributed by atoms with Gasteiger partial charge in [-0.2, -0.15) is 0 Å². The molecule has 0 fully saturated rings. The molecule has 0 amide bonds. The lowest BCUT2D eigenvalue weighted by Crippen LogP contribution is -2.45. The molecule has 128 valence electrons. The van der Waals surface area contributed by atoms with Crippen molar-refractivity contribution in [2.75, 3.05) is 34.2 Å². The molecule has 4 nitrogen and oxygen atoms in total. The van der Waals surface area contributed by atoms with Crippen LogP contribution in [0.4, 0.5) is 0 Å². The van der Waals surface area contributed by atoms with Crippen molar-refractivity contribution in [1.29, 1.82) is 0 Å². The molecule has 6 heteroatoms. The number of thiophene rings is 1. The highest BCUT2D eigenvalue weighted by Gasteiger charge is 2.13. The van der Waals surface area contributed by atoms with Crippen LogP contribution < -0.4 is 10.6 Å². The summed E-state index contributed by atoms with van der Waals surface area (Å²) in [6, 6.07) is 4.80. The second-order valence-corrected chi connectivity index (χ2v) is 6.99. The maximum Gasteiger partial charge on any atom is 0.191 e. The van der Waals surface area contributed by atoms with E-state index in [0.717, 1.165) is 25.5 Å². The summed E-state index contributed by atoms with van der Waals surface area (Å²) >= 11 is 1.80. The normalized spacial score (nSPS) is 13.1. The summed E-state index contributed by atoms with van der Waals surface area (Å²) < 4.78 is 0. The fraction of sp³-hybridized carbons (Fsp3) is 0.688. The molecule has 0 aliphatic heterocycles. The van der Waals surface area contributed by atoms with Gasteiger partial charge in [0.15, 0.2) is 5.96 Å². The Morgan fingerprint density at radius 1 is 1.32 bits per heavy atom. The molecule has 0 bridgehead atoms. The van der Waals surface area contributed by atoms with E-state index in [1.165, 1.54) is 11.3 Å². The van der Waals surface area contributed by atoms with Crippen LogP contribution in [0.15, 0.2) is 22.5 Å². The third kappa shape index (κ3) is 8.95. The zero-order valence-corrected chi connectivity index (χ0v) is 17.6. The Morgan fingerprint density at radius 3 is 2.55 bits per heavy atom. The van der Waals surface area contributed by atoms with E-state index in [4.69, 9.17) is 0 Å². The Bertz CT molecular complexity index is 404. The van der Waals surface area contributed by atoms with E-state index < -0.39 is 0 Å². The number of likely N-dealkylation sites (N-methyl/N-ethyl adjacent to an activating group) is 1. The van der Waals surface area contributed by atoms with E-state index in [-0.39, 0.29) is 24.0 Å². The molecule has 0 radical (unpaired) electrons. The number of halogens is 1. The van der Waals surface area contributed by atoms with Gasteiger partial charge >= 0.3 is 0 Å². The predicted molar refractivity (Wildman–Crippen MR) is 110 cm³/mol. The number of hydrogen-bond acceptors (Lipinski definition) is 3. The molecule has 0 spiro atoms. The van der Waals surface area contributed by atoms with Gasteiger partial charge in [-0.3, -0.25) is 4.99 Å². The van der Waals surface area contributed by atoms with Gasteiger partial charge in [-0.25, -0.2) is 0 Å².